The fourth-order valence-corrected chi connectivity index (χ4v) is 3.61. The SMILES string of the molecule is CCn1cc(Br)cc1C(=O)NC1CCCc2cc(N)ccc21.Cl. The van der Waals surface area contributed by atoms with E-state index in [9.17, 15) is 4.79 Å². The maximum Gasteiger partial charge on any atom is 0.268 e. The predicted molar refractivity (Wildman–Crippen MR) is 99.1 cm³/mol. The molecule has 4 nitrogen and oxygen atoms in total. The van der Waals surface area contributed by atoms with Gasteiger partial charge in [0.05, 0.1) is 6.04 Å². The summed E-state index contributed by atoms with van der Waals surface area (Å²) < 4.78 is 2.88. The highest BCUT2D eigenvalue weighted by Crippen LogP contribution is 2.31. The molecule has 1 aromatic heterocycles. The van der Waals surface area contributed by atoms with Gasteiger partial charge in [0.1, 0.15) is 5.69 Å². The molecule has 0 fully saturated rings. The molecule has 2 aromatic rings. The van der Waals surface area contributed by atoms with Gasteiger partial charge < -0.3 is 15.6 Å². The van der Waals surface area contributed by atoms with E-state index in [0.717, 1.165) is 36.0 Å². The monoisotopic (exact) mass is 397 g/mol. The van der Waals surface area contributed by atoms with Crippen LogP contribution in [-0.2, 0) is 13.0 Å². The van der Waals surface area contributed by atoms with Crippen molar-refractivity contribution in [2.45, 2.75) is 38.8 Å². The number of aromatic nitrogens is 1. The zero-order chi connectivity index (χ0) is 15.7. The Balaban J connectivity index is 0.00000192. The lowest BCUT2D eigenvalue weighted by Gasteiger charge is -2.26. The molecule has 0 radical (unpaired) electrons. The molecule has 23 heavy (non-hydrogen) atoms. The molecule has 3 N–H and O–H groups in total. The average molecular weight is 399 g/mol. The van der Waals surface area contributed by atoms with Crippen LogP contribution in [0, 0.1) is 0 Å². The van der Waals surface area contributed by atoms with E-state index in [1.54, 1.807) is 0 Å². The normalized spacial score (nSPS) is 16.3. The summed E-state index contributed by atoms with van der Waals surface area (Å²) in [5.74, 6) is -0.0257. The third-order valence-corrected chi connectivity index (χ3v) is 4.66. The molecule has 3 rings (SSSR count). The molecule has 1 amide bonds. The highest BCUT2D eigenvalue weighted by Gasteiger charge is 2.23. The molecule has 124 valence electrons. The number of benzene rings is 1. The Labute approximate surface area is 151 Å². The van der Waals surface area contributed by atoms with Gasteiger partial charge in [0.15, 0.2) is 0 Å². The summed E-state index contributed by atoms with van der Waals surface area (Å²) in [6, 6.07) is 7.92. The van der Waals surface area contributed by atoms with Crippen molar-refractivity contribution >= 4 is 39.9 Å². The number of rotatable bonds is 3. The number of nitrogens with one attached hydrogen (secondary N) is 1. The molecule has 6 heteroatoms. The highest BCUT2D eigenvalue weighted by atomic mass is 79.9. The Morgan fingerprint density at radius 3 is 2.96 bits per heavy atom. The molecule has 0 aliphatic heterocycles. The summed E-state index contributed by atoms with van der Waals surface area (Å²) >= 11 is 3.44. The second-order valence-electron chi connectivity index (χ2n) is 5.71. The first-order chi connectivity index (χ1) is 10.6. The lowest BCUT2D eigenvalue weighted by Crippen LogP contribution is -2.32. The molecular formula is C17H21BrClN3O. The summed E-state index contributed by atoms with van der Waals surface area (Å²) in [5, 5.41) is 3.18. The number of carbonyl (C=O) groups excluding carboxylic acids is 1. The van der Waals surface area contributed by atoms with Crippen LogP contribution in [0.4, 0.5) is 5.69 Å². The van der Waals surface area contributed by atoms with E-state index in [2.05, 4.69) is 21.2 Å². The number of carbonyl (C=O) groups is 1. The van der Waals surface area contributed by atoms with Crippen LogP contribution in [0.2, 0.25) is 0 Å². The first-order valence-corrected chi connectivity index (χ1v) is 8.42. The van der Waals surface area contributed by atoms with Crippen LogP contribution >= 0.6 is 28.3 Å². The lowest BCUT2D eigenvalue weighted by atomic mass is 9.87. The smallest absolute Gasteiger partial charge is 0.268 e. The van der Waals surface area contributed by atoms with Gasteiger partial charge in [-0.2, -0.15) is 0 Å². The van der Waals surface area contributed by atoms with Crippen molar-refractivity contribution in [1.82, 2.24) is 9.88 Å². The van der Waals surface area contributed by atoms with E-state index in [0.29, 0.717) is 5.69 Å². The van der Waals surface area contributed by atoms with Crippen LogP contribution in [0.15, 0.2) is 34.9 Å². The van der Waals surface area contributed by atoms with Gasteiger partial charge in [-0.25, -0.2) is 0 Å². The molecule has 0 saturated carbocycles. The molecule has 1 unspecified atom stereocenters. The number of anilines is 1. The maximum atomic E-state index is 12.6. The van der Waals surface area contributed by atoms with Crippen LogP contribution in [0.25, 0.3) is 0 Å². The Morgan fingerprint density at radius 2 is 2.22 bits per heavy atom. The highest BCUT2D eigenvalue weighted by molar-refractivity contribution is 9.10. The number of fused-ring (bicyclic) bond motifs is 1. The van der Waals surface area contributed by atoms with Crippen molar-refractivity contribution < 1.29 is 4.79 Å². The maximum absolute atomic E-state index is 12.6. The topological polar surface area (TPSA) is 60.0 Å². The van der Waals surface area contributed by atoms with Gasteiger partial charge in [-0.3, -0.25) is 4.79 Å². The number of nitrogens with two attached hydrogens (primary N) is 1. The molecule has 1 atom stereocenters. The first kappa shape index (κ1) is 17.9. The van der Waals surface area contributed by atoms with Crippen molar-refractivity contribution in [3.63, 3.8) is 0 Å². The van der Waals surface area contributed by atoms with Crippen molar-refractivity contribution in [3.8, 4) is 0 Å². The Morgan fingerprint density at radius 1 is 1.43 bits per heavy atom. The Bertz CT molecular complexity index is 714. The van der Waals surface area contributed by atoms with E-state index in [1.807, 2.05) is 42.0 Å². The van der Waals surface area contributed by atoms with E-state index in [-0.39, 0.29) is 24.4 Å². The predicted octanol–water partition coefficient (Wildman–Crippen LogP) is 4.08. The number of hydrogen-bond donors (Lipinski definition) is 2. The minimum absolute atomic E-state index is 0. The molecule has 1 aliphatic carbocycles. The van der Waals surface area contributed by atoms with E-state index in [4.69, 9.17) is 5.73 Å². The zero-order valence-electron chi connectivity index (χ0n) is 13.0. The number of hydrogen-bond acceptors (Lipinski definition) is 2. The van der Waals surface area contributed by atoms with Crippen molar-refractivity contribution in [3.05, 3.63) is 51.8 Å². The van der Waals surface area contributed by atoms with E-state index >= 15 is 0 Å². The molecule has 0 spiro atoms. The van der Waals surface area contributed by atoms with Crippen molar-refractivity contribution in [2.24, 2.45) is 0 Å². The summed E-state index contributed by atoms with van der Waals surface area (Å²) in [6.07, 6.45) is 5.00. The molecule has 1 aromatic carbocycles. The number of aryl methyl sites for hydroxylation is 2. The van der Waals surface area contributed by atoms with Gasteiger partial charge >= 0.3 is 0 Å². The van der Waals surface area contributed by atoms with Gasteiger partial charge in [-0.1, -0.05) is 6.07 Å². The molecule has 1 heterocycles. The van der Waals surface area contributed by atoms with Gasteiger partial charge in [0, 0.05) is 22.9 Å². The van der Waals surface area contributed by atoms with Gasteiger partial charge in [-0.05, 0) is 71.4 Å². The molecule has 0 bridgehead atoms. The van der Waals surface area contributed by atoms with Crippen LogP contribution in [0.3, 0.4) is 0 Å². The molecular weight excluding hydrogens is 378 g/mol. The largest absolute Gasteiger partial charge is 0.399 e. The number of amides is 1. The molecule has 1 aliphatic rings. The first-order valence-electron chi connectivity index (χ1n) is 7.63. The third-order valence-electron chi connectivity index (χ3n) is 4.22. The number of halogens is 2. The van der Waals surface area contributed by atoms with Crippen molar-refractivity contribution in [2.75, 3.05) is 5.73 Å². The van der Waals surface area contributed by atoms with Crippen molar-refractivity contribution in [1.29, 1.82) is 0 Å². The minimum atomic E-state index is -0.0257. The van der Waals surface area contributed by atoms with E-state index < -0.39 is 0 Å². The second-order valence-corrected chi connectivity index (χ2v) is 6.62. The lowest BCUT2D eigenvalue weighted by molar-refractivity contribution is 0.0923. The summed E-state index contributed by atoms with van der Waals surface area (Å²) in [5.41, 5.74) is 9.79. The minimum Gasteiger partial charge on any atom is -0.399 e. The quantitative estimate of drug-likeness (QED) is 0.765. The fourth-order valence-electron chi connectivity index (χ4n) is 3.14. The molecule has 0 saturated heterocycles. The summed E-state index contributed by atoms with van der Waals surface area (Å²) in [7, 11) is 0. The Hall–Kier alpha value is -1.46. The average Bonchev–Trinajstić information content (AvgIpc) is 2.88. The van der Waals surface area contributed by atoms with Crippen LogP contribution in [-0.4, -0.2) is 10.5 Å². The summed E-state index contributed by atoms with van der Waals surface area (Å²) in [6.45, 7) is 2.80. The van der Waals surface area contributed by atoms with Gasteiger partial charge in [0.2, 0.25) is 0 Å². The van der Waals surface area contributed by atoms with Crippen LogP contribution in [0.5, 0.6) is 0 Å². The summed E-state index contributed by atoms with van der Waals surface area (Å²) in [4.78, 5) is 12.6. The third kappa shape index (κ3) is 3.72. The van der Waals surface area contributed by atoms with E-state index in [1.165, 1.54) is 11.1 Å². The second kappa shape index (κ2) is 7.41. The van der Waals surface area contributed by atoms with Crippen LogP contribution < -0.4 is 11.1 Å². The number of nitrogen functional groups attached to an aromatic ring is 1. The fraction of sp³-hybridized carbons (Fsp3) is 0.353. The zero-order valence-corrected chi connectivity index (χ0v) is 15.4. The Kier molecular flexibility index (Phi) is 5.76. The standard InChI is InChI=1S/C17H20BrN3O.ClH/c1-2-21-10-12(18)9-16(21)17(22)20-15-5-3-4-11-8-13(19)6-7-14(11)15;/h6-10,15H,2-5,19H2,1H3,(H,20,22);1H. The van der Waals surface area contributed by atoms with Gasteiger partial charge in [0.25, 0.3) is 5.91 Å². The van der Waals surface area contributed by atoms with Gasteiger partial charge in [-0.15, -0.1) is 12.4 Å². The van der Waals surface area contributed by atoms with Crippen LogP contribution in [0.1, 0.15) is 47.4 Å². The number of nitrogens with zero attached hydrogens (tertiary/aromatic N) is 1.